The molecular formula is C18H26N2O3. The number of carboxylic acids is 1. The van der Waals surface area contributed by atoms with Crippen molar-refractivity contribution >= 4 is 11.9 Å². The average Bonchev–Trinajstić information content (AvgIpc) is 2.53. The van der Waals surface area contributed by atoms with Crippen molar-refractivity contribution in [2.45, 2.75) is 39.3 Å². The molecule has 0 aromatic heterocycles. The number of rotatable bonds is 6. The Balaban J connectivity index is 1.92. The van der Waals surface area contributed by atoms with Gasteiger partial charge in [-0.1, -0.05) is 44.2 Å². The van der Waals surface area contributed by atoms with Gasteiger partial charge in [0, 0.05) is 13.1 Å². The highest BCUT2D eigenvalue weighted by molar-refractivity contribution is 5.85. The molecule has 1 fully saturated rings. The van der Waals surface area contributed by atoms with Crippen LogP contribution in [0.5, 0.6) is 0 Å². The van der Waals surface area contributed by atoms with Gasteiger partial charge in [-0.3, -0.25) is 9.69 Å². The second kappa shape index (κ2) is 8.11. The predicted molar refractivity (Wildman–Crippen MR) is 88.8 cm³/mol. The van der Waals surface area contributed by atoms with E-state index in [-0.39, 0.29) is 17.7 Å². The van der Waals surface area contributed by atoms with Crippen molar-refractivity contribution in [1.29, 1.82) is 0 Å². The third-order valence-corrected chi connectivity index (χ3v) is 4.36. The van der Waals surface area contributed by atoms with Gasteiger partial charge in [-0.25, -0.2) is 4.79 Å². The van der Waals surface area contributed by atoms with Gasteiger partial charge in [0.15, 0.2) is 0 Å². The van der Waals surface area contributed by atoms with Crippen LogP contribution in [-0.4, -0.2) is 41.0 Å². The van der Waals surface area contributed by atoms with Crippen molar-refractivity contribution in [3.63, 3.8) is 0 Å². The van der Waals surface area contributed by atoms with Crippen molar-refractivity contribution in [2.24, 2.45) is 11.8 Å². The number of nitrogens with zero attached hydrogens (tertiary/aromatic N) is 1. The summed E-state index contributed by atoms with van der Waals surface area (Å²) in [5.41, 5.74) is 1.24. The number of nitrogens with one attached hydrogen (secondary N) is 1. The fourth-order valence-corrected chi connectivity index (χ4v) is 3.04. The Hall–Kier alpha value is -1.88. The number of hydrogen-bond acceptors (Lipinski definition) is 3. The van der Waals surface area contributed by atoms with Gasteiger partial charge >= 0.3 is 5.97 Å². The van der Waals surface area contributed by atoms with Crippen molar-refractivity contribution in [2.75, 3.05) is 13.1 Å². The standard InChI is InChI=1S/C18H26N2O3/c1-13(2)16(18(22)23)19-17(21)15-9-6-10-20(12-15)11-14-7-4-3-5-8-14/h3-5,7-8,13,15-16H,6,9-12H2,1-2H3,(H,19,21)(H,22,23)/t15?,16-/m1/s1. The molecule has 1 unspecified atom stereocenters. The summed E-state index contributed by atoms with van der Waals surface area (Å²) in [5, 5.41) is 11.9. The number of likely N-dealkylation sites (tertiary alicyclic amines) is 1. The van der Waals surface area contributed by atoms with Crippen LogP contribution in [0.2, 0.25) is 0 Å². The lowest BCUT2D eigenvalue weighted by atomic mass is 9.95. The molecule has 1 aliphatic heterocycles. The van der Waals surface area contributed by atoms with Crippen molar-refractivity contribution in [3.8, 4) is 0 Å². The van der Waals surface area contributed by atoms with Crippen LogP contribution in [0.3, 0.4) is 0 Å². The first kappa shape index (κ1) is 17.5. The molecule has 23 heavy (non-hydrogen) atoms. The highest BCUT2D eigenvalue weighted by atomic mass is 16.4. The highest BCUT2D eigenvalue weighted by Gasteiger charge is 2.30. The number of hydrogen-bond donors (Lipinski definition) is 2. The smallest absolute Gasteiger partial charge is 0.326 e. The van der Waals surface area contributed by atoms with Gasteiger partial charge in [-0.2, -0.15) is 0 Å². The van der Waals surface area contributed by atoms with Crippen LogP contribution in [0.25, 0.3) is 0 Å². The largest absolute Gasteiger partial charge is 0.480 e. The topological polar surface area (TPSA) is 69.6 Å². The lowest BCUT2D eigenvalue weighted by Gasteiger charge is -2.33. The number of piperidine rings is 1. The maximum atomic E-state index is 12.4. The Morgan fingerprint density at radius 3 is 2.61 bits per heavy atom. The third-order valence-electron chi connectivity index (χ3n) is 4.36. The van der Waals surface area contributed by atoms with Crippen LogP contribution >= 0.6 is 0 Å². The van der Waals surface area contributed by atoms with E-state index < -0.39 is 12.0 Å². The van der Waals surface area contributed by atoms with Crippen LogP contribution in [0.15, 0.2) is 30.3 Å². The van der Waals surface area contributed by atoms with E-state index in [0.717, 1.165) is 25.9 Å². The van der Waals surface area contributed by atoms with Crippen LogP contribution in [0.4, 0.5) is 0 Å². The van der Waals surface area contributed by atoms with E-state index in [9.17, 15) is 14.7 Å². The summed E-state index contributed by atoms with van der Waals surface area (Å²) in [6.07, 6.45) is 1.78. The van der Waals surface area contributed by atoms with E-state index in [1.807, 2.05) is 32.0 Å². The quantitative estimate of drug-likeness (QED) is 0.843. The molecule has 1 aromatic carbocycles. The summed E-state index contributed by atoms with van der Waals surface area (Å²) in [6, 6.07) is 9.39. The van der Waals surface area contributed by atoms with Crippen molar-refractivity contribution in [3.05, 3.63) is 35.9 Å². The summed E-state index contributed by atoms with van der Waals surface area (Å²) in [5.74, 6) is -1.36. The summed E-state index contributed by atoms with van der Waals surface area (Å²) in [6.45, 7) is 6.11. The maximum Gasteiger partial charge on any atom is 0.326 e. The van der Waals surface area contributed by atoms with Gasteiger partial charge < -0.3 is 10.4 Å². The fraction of sp³-hybridized carbons (Fsp3) is 0.556. The average molecular weight is 318 g/mol. The fourth-order valence-electron chi connectivity index (χ4n) is 3.04. The van der Waals surface area contributed by atoms with Gasteiger partial charge in [-0.05, 0) is 30.9 Å². The molecular weight excluding hydrogens is 292 g/mol. The molecule has 2 N–H and O–H groups in total. The van der Waals surface area contributed by atoms with Crippen LogP contribution in [0, 0.1) is 11.8 Å². The minimum atomic E-state index is -0.967. The lowest BCUT2D eigenvalue weighted by molar-refractivity contribution is -0.144. The second-order valence-corrected chi connectivity index (χ2v) is 6.63. The molecule has 5 heteroatoms. The van der Waals surface area contributed by atoms with Gasteiger partial charge in [0.25, 0.3) is 0 Å². The van der Waals surface area contributed by atoms with Crippen molar-refractivity contribution in [1.82, 2.24) is 10.2 Å². The molecule has 5 nitrogen and oxygen atoms in total. The summed E-state index contributed by atoms with van der Waals surface area (Å²) >= 11 is 0. The van der Waals surface area contributed by atoms with Crippen LogP contribution < -0.4 is 5.32 Å². The molecule has 126 valence electrons. The molecule has 0 saturated carbocycles. The van der Waals surface area contributed by atoms with Crippen LogP contribution in [-0.2, 0) is 16.1 Å². The molecule has 0 radical (unpaired) electrons. The Bertz CT molecular complexity index is 530. The molecule has 1 aliphatic rings. The Morgan fingerprint density at radius 2 is 2.00 bits per heavy atom. The minimum Gasteiger partial charge on any atom is -0.480 e. The van der Waals surface area contributed by atoms with E-state index in [1.54, 1.807) is 0 Å². The van der Waals surface area contributed by atoms with Gasteiger partial charge in [0.05, 0.1) is 5.92 Å². The second-order valence-electron chi connectivity index (χ2n) is 6.63. The van der Waals surface area contributed by atoms with Crippen molar-refractivity contribution < 1.29 is 14.7 Å². The van der Waals surface area contributed by atoms with Gasteiger partial charge in [-0.15, -0.1) is 0 Å². The monoisotopic (exact) mass is 318 g/mol. The highest BCUT2D eigenvalue weighted by Crippen LogP contribution is 2.19. The zero-order valence-corrected chi connectivity index (χ0v) is 13.9. The number of carbonyl (C=O) groups is 2. The Labute approximate surface area is 137 Å². The molecule has 0 spiro atoms. The number of carbonyl (C=O) groups excluding carboxylic acids is 1. The molecule has 1 amide bonds. The molecule has 0 aliphatic carbocycles. The maximum absolute atomic E-state index is 12.4. The molecule has 1 aromatic rings. The van der Waals surface area contributed by atoms with Crippen LogP contribution in [0.1, 0.15) is 32.3 Å². The minimum absolute atomic E-state index is 0.125. The number of carboxylic acid groups (broad SMARTS) is 1. The Morgan fingerprint density at radius 1 is 1.30 bits per heavy atom. The van der Waals surface area contributed by atoms with E-state index in [0.29, 0.717) is 6.54 Å². The summed E-state index contributed by atoms with van der Waals surface area (Å²) in [4.78, 5) is 25.9. The third kappa shape index (κ3) is 5.06. The predicted octanol–water partition coefficient (Wildman–Crippen LogP) is 2.12. The number of aliphatic carboxylic acids is 1. The zero-order chi connectivity index (χ0) is 16.8. The molecule has 2 rings (SSSR count). The first-order valence-corrected chi connectivity index (χ1v) is 8.27. The molecule has 0 bridgehead atoms. The van der Waals surface area contributed by atoms with E-state index in [4.69, 9.17) is 0 Å². The lowest BCUT2D eigenvalue weighted by Crippen LogP contribution is -2.49. The normalized spacial score (nSPS) is 20.2. The summed E-state index contributed by atoms with van der Waals surface area (Å²) < 4.78 is 0. The molecule has 2 atom stereocenters. The van der Waals surface area contributed by atoms with E-state index in [1.165, 1.54) is 5.56 Å². The zero-order valence-electron chi connectivity index (χ0n) is 13.9. The SMILES string of the molecule is CC(C)[C@@H](NC(=O)C1CCCN(Cc2ccccc2)C1)C(=O)O. The van der Waals surface area contributed by atoms with E-state index in [2.05, 4.69) is 22.3 Å². The van der Waals surface area contributed by atoms with E-state index >= 15 is 0 Å². The summed E-state index contributed by atoms with van der Waals surface area (Å²) in [7, 11) is 0. The first-order valence-electron chi connectivity index (χ1n) is 8.27. The van der Waals surface area contributed by atoms with Gasteiger partial charge in [0.2, 0.25) is 5.91 Å². The van der Waals surface area contributed by atoms with Gasteiger partial charge in [0.1, 0.15) is 6.04 Å². The molecule has 1 saturated heterocycles. The number of amides is 1. The first-order chi connectivity index (χ1) is 11.0. The Kier molecular flexibility index (Phi) is 6.16. The molecule has 1 heterocycles. The number of benzene rings is 1.